The first kappa shape index (κ1) is 16.4. The van der Waals surface area contributed by atoms with E-state index in [1.54, 1.807) is 0 Å². The number of likely N-dealkylation sites (N-methyl/N-ethyl adjacent to an activating group) is 1. The van der Waals surface area contributed by atoms with E-state index in [4.69, 9.17) is 5.73 Å². The third-order valence-corrected chi connectivity index (χ3v) is 6.11. The highest BCUT2D eigenvalue weighted by Gasteiger charge is 2.38. The zero-order valence-corrected chi connectivity index (χ0v) is 13.5. The third kappa shape index (κ3) is 2.96. The Morgan fingerprint density at radius 1 is 1.33 bits per heavy atom. The number of rotatable bonds is 3. The van der Waals surface area contributed by atoms with Crippen LogP contribution >= 0.6 is 0 Å². The molecule has 0 bridgehead atoms. The Bertz CT molecular complexity index is 631. The minimum absolute atomic E-state index is 0.0228. The third-order valence-electron chi connectivity index (χ3n) is 4.18. The minimum Gasteiger partial charge on any atom is -0.326 e. The van der Waals surface area contributed by atoms with Gasteiger partial charge in [0.15, 0.2) is 0 Å². The normalized spacial score (nSPS) is 20.6. The highest BCUT2D eigenvalue weighted by molar-refractivity contribution is 7.89. The van der Waals surface area contributed by atoms with Crippen molar-refractivity contribution in [1.82, 2.24) is 9.21 Å². The maximum Gasteiger partial charge on any atom is 0.243 e. The lowest BCUT2D eigenvalue weighted by Crippen LogP contribution is -2.58. The van der Waals surface area contributed by atoms with Gasteiger partial charge in [-0.25, -0.2) is 12.8 Å². The van der Waals surface area contributed by atoms with Gasteiger partial charge in [0, 0.05) is 37.3 Å². The van der Waals surface area contributed by atoms with Gasteiger partial charge >= 0.3 is 0 Å². The van der Waals surface area contributed by atoms with Crippen LogP contribution in [-0.4, -0.2) is 49.8 Å². The van der Waals surface area contributed by atoms with Gasteiger partial charge in [-0.3, -0.25) is 4.90 Å². The van der Waals surface area contributed by atoms with E-state index in [1.807, 2.05) is 20.9 Å². The van der Waals surface area contributed by atoms with Crippen LogP contribution in [0.3, 0.4) is 0 Å². The summed E-state index contributed by atoms with van der Waals surface area (Å²) in [6.45, 7) is 5.24. The van der Waals surface area contributed by atoms with Crippen molar-refractivity contribution in [2.45, 2.75) is 30.8 Å². The lowest BCUT2D eigenvalue weighted by Gasteiger charge is -2.44. The molecule has 1 aliphatic heterocycles. The van der Waals surface area contributed by atoms with Gasteiger partial charge in [-0.2, -0.15) is 4.31 Å². The highest BCUT2D eigenvalue weighted by Crippen LogP contribution is 2.27. The van der Waals surface area contributed by atoms with Gasteiger partial charge in [0.1, 0.15) is 5.82 Å². The average Bonchev–Trinajstić information content (AvgIpc) is 2.41. The van der Waals surface area contributed by atoms with Crippen molar-refractivity contribution < 1.29 is 12.8 Å². The van der Waals surface area contributed by atoms with Gasteiger partial charge in [0.2, 0.25) is 10.0 Å². The number of hydrogen-bond acceptors (Lipinski definition) is 4. The Balaban J connectivity index is 2.42. The number of hydrogen-bond donors (Lipinski definition) is 1. The van der Waals surface area contributed by atoms with E-state index in [1.165, 1.54) is 22.5 Å². The molecule has 1 aromatic carbocycles. The Hall–Kier alpha value is -1.02. The fourth-order valence-electron chi connectivity index (χ4n) is 2.52. The molecule has 1 heterocycles. The fraction of sp³-hybridized carbons (Fsp3) is 0.571. The molecule has 21 heavy (non-hydrogen) atoms. The van der Waals surface area contributed by atoms with Crippen molar-refractivity contribution in [3.05, 3.63) is 29.6 Å². The number of piperazine rings is 1. The van der Waals surface area contributed by atoms with Gasteiger partial charge in [0.05, 0.1) is 4.90 Å². The highest BCUT2D eigenvalue weighted by atomic mass is 32.2. The molecule has 0 radical (unpaired) electrons. The van der Waals surface area contributed by atoms with Gasteiger partial charge in [0.25, 0.3) is 0 Å². The number of nitrogens with two attached hydrogens (primary N) is 1. The largest absolute Gasteiger partial charge is 0.326 e. The molecule has 0 aromatic heterocycles. The van der Waals surface area contributed by atoms with Crippen LogP contribution in [0, 0.1) is 5.82 Å². The Morgan fingerprint density at radius 2 is 2.00 bits per heavy atom. The molecule has 0 unspecified atom stereocenters. The van der Waals surface area contributed by atoms with Crippen LogP contribution in [0.5, 0.6) is 0 Å². The lowest BCUT2D eigenvalue weighted by atomic mass is 10.0. The summed E-state index contributed by atoms with van der Waals surface area (Å²) in [4.78, 5) is 2.10. The summed E-state index contributed by atoms with van der Waals surface area (Å²) in [5.74, 6) is -0.577. The second-order valence-corrected chi connectivity index (χ2v) is 7.90. The zero-order valence-electron chi connectivity index (χ0n) is 12.6. The van der Waals surface area contributed by atoms with Crippen LogP contribution in [0.1, 0.15) is 19.4 Å². The topological polar surface area (TPSA) is 66.6 Å². The van der Waals surface area contributed by atoms with E-state index >= 15 is 0 Å². The summed E-state index contributed by atoms with van der Waals surface area (Å²) in [6.07, 6.45) is 0. The molecule has 5 nitrogen and oxygen atoms in total. The monoisotopic (exact) mass is 315 g/mol. The molecule has 1 aliphatic rings. The Kier molecular flexibility index (Phi) is 4.39. The Labute approximate surface area is 125 Å². The summed E-state index contributed by atoms with van der Waals surface area (Å²) in [6, 6.07) is 4.06. The summed E-state index contributed by atoms with van der Waals surface area (Å²) >= 11 is 0. The molecule has 1 fully saturated rings. The standard InChI is InChI=1S/C14H22FN3O2S/c1-14(2)10-18(8-7-17(14)3)21(19,20)13-6-4-5-12(15)11(13)9-16/h4-6H,7-10,16H2,1-3H3. The second-order valence-electron chi connectivity index (χ2n) is 5.99. The fourth-order valence-corrected chi connectivity index (χ4v) is 4.35. The summed E-state index contributed by atoms with van der Waals surface area (Å²) in [5.41, 5.74) is 5.31. The van der Waals surface area contributed by atoms with Crippen LogP contribution < -0.4 is 5.73 Å². The SMILES string of the molecule is CN1CCN(S(=O)(=O)c2cccc(F)c2CN)CC1(C)C. The van der Waals surface area contributed by atoms with E-state index in [0.29, 0.717) is 19.6 Å². The van der Waals surface area contributed by atoms with Crippen molar-refractivity contribution in [3.63, 3.8) is 0 Å². The molecule has 118 valence electrons. The molecule has 0 spiro atoms. The first-order valence-electron chi connectivity index (χ1n) is 6.89. The molecule has 2 rings (SSSR count). The van der Waals surface area contributed by atoms with E-state index in [0.717, 1.165) is 0 Å². The summed E-state index contributed by atoms with van der Waals surface area (Å²) < 4.78 is 40.8. The van der Waals surface area contributed by atoms with E-state index in [2.05, 4.69) is 4.90 Å². The van der Waals surface area contributed by atoms with Crippen LogP contribution in [0.4, 0.5) is 4.39 Å². The number of halogens is 1. The van der Waals surface area contributed by atoms with Crippen molar-refractivity contribution in [3.8, 4) is 0 Å². The predicted octanol–water partition coefficient (Wildman–Crippen LogP) is 0.999. The molecule has 1 saturated heterocycles. The van der Waals surface area contributed by atoms with Crippen LogP contribution in [0.2, 0.25) is 0 Å². The molecule has 0 aliphatic carbocycles. The molecule has 7 heteroatoms. The molecule has 2 N–H and O–H groups in total. The van der Waals surface area contributed by atoms with E-state index < -0.39 is 15.8 Å². The van der Waals surface area contributed by atoms with Gasteiger partial charge in [-0.05, 0) is 33.0 Å². The lowest BCUT2D eigenvalue weighted by molar-refractivity contribution is 0.0801. The molecule has 0 atom stereocenters. The van der Waals surface area contributed by atoms with Crippen molar-refractivity contribution in [1.29, 1.82) is 0 Å². The number of benzene rings is 1. The maximum absolute atomic E-state index is 13.8. The van der Waals surface area contributed by atoms with Crippen molar-refractivity contribution in [2.75, 3.05) is 26.7 Å². The van der Waals surface area contributed by atoms with Gasteiger partial charge in [-0.1, -0.05) is 6.07 Å². The first-order valence-corrected chi connectivity index (χ1v) is 8.33. The van der Waals surface area contributed by atoms with Crippen molar-refractivity contribution in [2.24, 2.45) is 5.73 Å². The van der Waals surface area contributed by atoms with E-state index in [9.17, 15) is 12.8 Å². The average molecular weight is 315 g/mol. The molecular formula is C14H22FN3O2S. The van der Waals surface area contributed by atoms with Crippen LogP contribution in [0.15, 0.2) is 23.1 Å². The maximum atomic E-state index is 13.8. The second kappa shape index (κ2) is 5.64. The zero-order chi connectivity index (χ0) is 15.8. The van der Waals surface area contributed by atoms with Crippen LogP contribution in [0.25, 0.3) is 0 Å². The number of nitrogens with zero attached hydrogens (tertiary/aromatic N) is 2. The van der Waals surface area contributed by atoms with Gasteiger partial charge in [-0.15, -0.1) is 0 Å². The smallest absolute Gasteiger partial charge is 0.243 e. The minimum atomic E-state index is -3.74. The van der Waals surface area contributed by atoms with E-state index in [-0.39, 0.29) is 22.5 Å². The van der Waals surface area contributed by atoms with Gasteiger partial charge < -0.3 is 5.73 Å². The quantitative estimate of drug-likeness (QED) is 0.903. The molecule has 0 saturated carbocycles. The Morgan fingerprint density at radius 3 is 2.57 bits per heavy atom. The van der Waals surface area contributed by atoms with Crippen LogP contribution in [-0.2, 0) is 16.6 Å². The molecule has 0 amide bonds. The number of sulfonamides is 1. The summed E-state index contributed by atoms with van der Waals surface area (Å²) in [5, 5.41) is 0. The molecular weight excluding hydrogens is 293 g/mol. The summed E-state index contributed by atoms with van der Waals surface area (Å²) in [7, 11) is -1.77. The predicted molar refractivity (Wildman–Crippen MR) is 79.8 cm³/mol. The first-order chi connectivity index (χ1) is 9.70. The molecule has 1 aromatic rings. The van der Waals surface area contributed by atoms with Crippen molar-refractivity contribution >= 4 is 10.0 Å².